The average Bonchev–Trinajstić information content (AvgIpc) is 2.90. The highest BCUT2D eigenvalue weighted by atomic mass is 16.1. The zero-order chi connectivity index (χ0) is 28.4. The first kappa shape index (κ1) is 29.6. The second-order valence-corrected chi connectivity index (χ2v) is 10.5. The SMILES string of the molecule is C=C/C(=C\N(C)C)c1cccc(-c2ncc(/C(C=NC)=C/C(=C)C)c(NCC3(NC(C)=O)CCCCC3)n2)c1. The van der Waals surface area contributed by atoms with Crippen LogP contribution in [0.2, 0.25) is 0 Å². The van der Waals surface area contributed by atoms with Gasteiger partial charge in [-0.3, -0.25) is 9.79 Å². The number of benzene rings is 1. The van der Waals surface area contributed by atoms with Gasteiger partial charge in [0.05, 0.1) is 5.54 Å². The summed E-state index contributed by atoms with van der Waals surface area (Å²) >= 11 is 0. The summed E-state index contributed by atoms with van der Waals surface area (Å²) in [5.41, 5.74) is 5.24. The smallest absolute Gasteiger partial charge is 0.217 e. The average molecular weight is 527 g/mol. The van der Waals surface area contributed by atoms with Crippen LogP contribution in [-0.4, -0.2) is 60.2 Å². The molecule has 0 bridgehead atoms. The zero-order valence-electron chi connectivity index (χ0n) is 24.1. The van der Waals surface area contributed by atoms with Crippen LogP contribution in [0.25, 0.3) is 22.5 Å². The largest absolute Gasteiger partial charge is 0.383 e. The van der Waals surface area contributed by atoms with Gasteiger partial charge in [-0.15, -0.1) is 0 Å². The number of carbonyl (C=O) groups is 1. The van der Waals surface area contributed by atoms with Crippen molar-refractivity contribution >= 4 is 29.1 Å². The third-order valence-corrected chi connectivity index (χ3v) is 6.69. The zero-order valence-corrected chi connectivity index (χ0v) is 24.1. The molecule has 2 N–H and O–H groups in total. The maximum absolute atomic E-state index is 12.1. The highest BCUT2D eigenvalue weighted by molar-refractivity contribution is 6.12. The van der Waals surface area contributed by atoms with E-state index in [9.17, 15) is 4.79 Å². The Kier molecular flexibility index (Phi) is 10.4. The Hall–Kier alpha value is -4.00. The molecule has 1 heterocycles. The number of nitrogens with zero attached hydrogens (tertiary/aromatic N) is 4. The predicted molar refractivity (Wildman–Crippen MR) is 165 cm³/mol. The number of aliphatic imine (C=N–C) groups is 1. The van der Waals surface area contributed by atoms with E-state index in [-0.39, 0.29) is 11.4 Å². The summed E-state index contributed by atoms with van der Waals surface area (Å²) in [4.78, 5) is 28.1. The van der Waals surface area contributed by atoms with Gasteiger partial charge in [0.2, 0.25) is 5.91 Å². The quantitative estimate of drug-likeness (QED) is 0.271. The van der Waals surface area contributed by atoms with Gasteiger partial charge in [0.15, 0.2) is 5.82 Å². The normalized spacial score (nSPS) is 15.6. The summed E-state index contributed by atoms with van der Waals surface area (Å²) in [6.07, 6.45) is 14.7. The monoisotopic (exact) mass is 526 g/mol. The summed E-state index contributed by atoms with van der Waals surface area (Å²) in [6, 6.07) is 8.15. The molecule has 0 unspecified atom stereocenters. The van der Waals surface area contributed by atoms with Gasteiger partial charge >= 0.3 is 0 Å². The van der Waals surface area contributed by atoms with Crippen molar-refractivity contribution in [1.29, 1.82) is 0 Å². The molecule has 3 rings (SSSR count). The van der Waals surface area contributed by atoms with Gasteiger partial charge in [-0.05, 0) is 37.0 Å². The number of nitrogens with one attached hydrogen (secondary N) is 2. The third kappa shape index (κ3) is 8.24. The highest BCUT2D eigenvalue weighted by Crippen LogP contribution is 2.31. The van der Waals surface area contributed by atoms with Gasteiger partial charge in [0.25, 0.3) is 0 Å². The van der Waals surface area contributed by atoms with Crippen LogP contribution in [0.1, 0.15) is 57.1 Å². The number of carbonyl (C=O) groups excluding carboxylic acids is 1. The third-order valence-electron chi connectivity index (χ3n) is 6.69. The van der Waals surface area contributed by atoms with E-state index < -0.39 is 0 Å². The molecule has 0 saturated heterocycles. The number of allylic oxidation sites excluding steroid dienone is 5. The minimum absolute atomic E-state index is 0.0103. The van der Waals surface area contributed by atoms with Gasteiger partial charge in [-0.1, -0.05) is 68.3 Å². The minimum Gasteiger partial charge on any atom is -0.383 e. The molecule has 0 radical (unpaired) electrons. The first-order chi connectivity index (χ1) is 18.7. The topological polar surface area (TPSA) is 82.5 Å². The summed E-state index contributed by atoms with van der Waals surface area (Å²) in [5.74, 6) is 1.29. The number of rotatable bonds is 11. The van der Waals surface area contributed by atoms with Crippen LogP contribution in [0.5, 0.6) is 0 Å². The Labute approximate surface area is 233 Å². The van der Waals surface area contributed by atoms with Crippen LogP contribution >= 0.6 is 0 Å². The van der Waals surface area contributed by atoms with Crippen molar-refractivity contribution in [3.05, 3.63) is 78.7 Å². The summed E-state index contributed by atoms with van der Waals surface area (Å²) in [5, 5.41) is 6.83. The van der Waals surface area contributed by atoms with Crippen LogP contribution in [0.3, 0.4) is 0 Å². The van der Waals surface area contributed by atoms with Crippen molar-refractivity contribution in [3.8, 4) is 11.4 Å². The molecule has 1 saturated carbocycles. The minimum atomic E-state index is -0.306. The van der Waals surface area contributed by atoms with E-state index in [1.807, 2.05) is 62.6 Å². The fourth-order valence-corrected chi connectivity index (χ4v) is 5.02. The van der Waals surface area contributed by atoms with Crippen molar-refractivity contribution in [2.24, 2.45) is 4.99 Å². The molecule has 1 amide bonds. The van der Waals surface area contributed by atoms with Crippen molar-refractivity contribution in [2.75, 3.05) is 33.0 Å². The fourth-order valence-electron chi connectivity index (χ4n) is 5.02. The van der Waals surface area contributed by atoms with Gasteiger partial charge in [0.1, 0.15) is 5.82 Å². The van der Waals surface area contributed by atoms with Crippen molar-refractivity contribution in [3.63, 3.8) is 0 Å². The Morgan fingerprint density at radius 2 is 1.92 bits per heavy atom. The lowest BCUT2D eigenvalue weighted by Crippen LogP contribution is -2.53. The van der Waals surface area contributed by atoms with Gasteiger partial charge in [-0.2, -0.15) is 0 Å². The van der Waals surface area contributed by atoms with Gasteiger partial charge in [-0.25, -0.2) is 9.97 Å². The van der Waals surface area contributed by atoms with E-state index in [0.717, 1.165) is 59.1 Å². The maximum Gasteiger partial charge on any atom is 0.217 e. The number of anilines is 1. The molecule has 0 spiro atoms. The molecule has 7 heteroatoms. The molecule has 206 valence electrons. The molecule has 2 aromatic rings. The Morgan fingerprint density at radius 1 is 1.18 bits per heavy atom. The van der Waals surface area contributed by atoms with E-state index in [2.05, 4.69) is 40.9 Å². The van der Waals surface area contributed by atoms with E-state index in [4.69, 9.17) is 9.97 Å². The van der Waals surface area contributed by atoms with Crippen LogP contribution in [0.15, 0.2) is 72.5 Å². The number of hydrogen-bond acceptors (Lipinski definition) is 6. The lowest BCUT2D eigenvalue weighted by atomic mass is 9.81. The van der Waals surface area contributed by atoms with E-state index in [1.165, 1.54) is 6.42 Å². The molecule has 0 aliphatic heterocycles. The lowest BCUT2D eigenvalue weighted by molar-refractivity contribution is -0.121. The number of aromatic nitrogens is 2. The summed E-state index contributed by atoms with van der Waals surface area (Å²) in [6.45, 7) is 12.1. The lowest BCUT2D eigenvalue weighted by Gasteiger charge is -2.38. The summed E-state index contributed by atoms with van der Waals surface area (Å²) < 4.78 is 0. The molecule has 1 aromatic carbocycles. The van der Waals surface area contributed by atoms with Crippen molar-refractivity contribution < 1.29 is 4.79 Å². The maximum atomic E-state index is 12.1. The number of amides is 1. The Balaban J connectivity index is 2.09. The molecule has 1 fully saturated rings. The first-order valence-corrected chi connectivity index (χ1v) is 13.5. The second kappa shape index (κ2) is 13.7. The fraction of sp³-hybridized carbons (Fsp3) is 0.375. The van der Waals surface area contributed by atoms with Gasteiger partial charge in [0, 0.05) is 69.9 Å². The van der Waals surface area contributed by atoms with Crippen LogP contribution in [0.4, 0.5) is 5.82 Å². The van der Waals surface area contributed by atoms with E-state index in [0.29, 0.717) is 18.2 Å². The number of hydrogen-bond donors (Lipinski definition) is 2. The van der Waals surface area contributed by atoms with Crippen molar-refractivity contribution in [2.45, 2.75) is 51.5 Å². The standard InChI is InChI=1S/C32H42N6O/c1-8-25(21-38(6)7)26-13-12-14-27(18-26)30-34-20-29(28(19-33-5)17-23(2)3)31(36-30)35-22-32(37-24(4)39)15-10-9-11-16-32/h8,12-14,17-21H,1-2,9-11,15-16,22H2,3-7H3,(H,37,39)(H,34,35,36)/b25-21+,28-17+,33-19?. The molecule has 1 aromatic heterocycles. The molecule has 1 aliphatic rings. The Morgan fingerprint density at radius 3 is 2.54 bits per heavy atom. The van der Waals surface area contributed by atoms with Crippen LogP contribution in [0, 0.1) is 0 Å². The van der Waals surface area contributed by atoms with Crippen LogP contribution in [-0.2, 0) is 4.79 Å². The second-order valence-electron chi connectivity index (χ2n) is 10.5. The summed E-state index contributed by atoms with van der Waals surface area (Å²) in [7, 11) is 5.72. The van der Waals surface area contributed by atoms with E-state index in [1.54, 1.807) is 20.2 Å². The van der Waals surface area contributed by atoms with Gasteiger partial charge < -0.3 is 15.5 Å². The molecule has 1 aliphatic carbocycles. The van der Waals surface area contributed by atoms with Crippen LogP contribution < -0.4 is 10.6 Å². The molecule has 0 atom stereocenters. The molecule has 39 heavy (non-hydrogen) atoms. The molecular weight excluding hydrogens is 484 g/mol. The van der Waals surface area contributed by atoms with Crippen molar-refractivity contribution in [1.82, 2.24) is 20.2 Å². The van der Waals surface area contributed by atoms with E-state index >= 15 is 0 Å². The Bertz CT molecular complexity index is 1280. The molecular formula is C32H42N6O. The molecule has 7 nitrogen and oxygen atoms in total. The predicted octanol–water partition coefficient (Wildman–Crippen LogP) is 6.14. The first-order valence-electron chi connectivity index (χ1n) is 13.5. The highest BCUT2D eigenvalue weighted by Gasteiger charge is 2.33.